The molecule has 180 valence electrons. The van der Waals surface area contributed by atoms with E-state index in [1.54, 1.807) is 13.1 Å². The summed E-state index contributed by atoms with van der Waals surface area (Å²) in [6, 6.07) is 13.6. The van der Waals surface area contributed by atoms with Crippen molar-refractivity contribution in [1.29, 1.82) is 5.26 Å². The second-order valence-electron chi connectivity index (χ2n) is 8.81. The SMILES string of the molecule is Cc1c(C#N)cnc(C(=O)Nc2ccc3c(c2)c(/C=C/c2ccccn2)nn3C2CCCCO2)c1C. The number of ether oxygens (including phenoxy) is 1. The van der Waals surface area contributed by atoms with Crippen LogP contribution in [0, 0.1) is 25.2 Å². The van der Waals surface area contributed by atoms with Gasteiger partial charge in [-0.1, -0.05) is 6.07 Å². The second kappa shape index (κ2) is 10.1. The Morgan fingerprint density at radius 1 is 1.17 bits per heavy atom. The van der Waals surface area contributed by atoms with Crippen LogP contribution in [0.15, 0.2) is 48.8 Å². The van der Waals surface area contributed by atoms with Gasteiger partial charge < -0.3 is 10.1 Å². The maximum absolute atomic E-state index is 13.1. The van der Waals surface area contributed by atoms with Gasteiger partial charge in [-0.15, -0.1) is 0 Å². The number of nitrogens with one attached hydrogen (secondary N) is 1. The van der Waals surface area contributed by atoms with Crippen LogP contribution in [0.2, 0.25) is 0 Å². The van der Waals surface area contributed by atoms with Crippen LogP contribution in [-0.2, 0) is 4.74 Å². The van der Waals surface area contributed by atoms with Crippen molar-refractivity contribution in [2.75, 3.05) is 11.9 Å². The Kier molecular flexibility index (Phi) is 6.56. The molecule has 0 radical (unpaired) electrons. The molecule has 0 aliphatic carbocycles. The van der Waals surface area contributed by atoms with E-state index in [1.165, 1.54) is 6.20 Å². The fourth-order valence-corrected chi connectivity index (χ4v) is 4.37. The van der Waals surface area contributed by atoms with Crippen molar-refractivity contribution in [3.8, 4) is 6.07 Å². The third kappa shape index (κ3) is 4.61. The van der Waals surface area contributed by atoms with Gasteiger partial charge in [0, 0.05) is 30.1 Å². The number of pyridine rings is 2. The molecule has 1 amide bonds. The van der Waals surface area contributed by atoms with Crippen molar-refractivity contribution in [3.63, 3.8) is 0 Å². The van der Waals surface area contributed by atoms with Crippen LogP contribution in [0.3, 0.4) is 0 Å². The van der Waals surface area contributed by atoms with Crippen LogP contribution in [0.25, 0.3) is 23.1 Å². The first-order chi connectivity index (χ1) is 17.5. The number of anilines is 1. The summed E-state index contributed by atoms with van der Waals surface area (Å²) in [6.07, 6.45) is 9.98. The van der Waals surface area contributed by atoms with E-state index in [4.69, 9.17) is 9.84 Å². The summed E-state index contributed by atoms with van der Waals surface area (Å²) in [5.74, 6) is -0.326. The second-order valence-corrected chi connectivity index (χ2v) is 8.81. The van der Waals surface area contributed by atoms with Crippen molar-refractivity contribution < 1.29 is 9.53 Å². The van der Waals surface area contributed by atoms with Crippen LogP contribution in [0.5, 0.6) is 0 Å². The number of aromatic nitrogens is 4. The van der Waals surface area contributed by atoms with E-state index in [9.17, 15) is 10.1 Å². The number of nitrogens with zero attached hydrogens (tertiary/aromatic N) is 5. The third-order valence-corrected chi connectivity index (χ3v) is 6.50. The van der Waals surface area contributed by atoms with Crippen molar-refractivity contribution >= 4 is 34.6 Å². The van der Waals surface area contributed by atoms with Gasteiger partial charge in [-0.2, -0.15) is 10.4 Å². The Hall–Kier alpha value is -4.35. The molecule has 4 heterocycles. The summed E-state index contributed by atoms with van der Waals surface area (Å²) in [6.45, 7) is 4.34. The van der Waals surface area contributed by atoms with E-state index < -0.39 is 0 Å². The number of benzene rings is 1. The lowest BCUT2D eigenvalue weighted by molar-refractivity contribution is -0.0367. The molecule has 1 unspecified atom stereocenters. The molecule has 36 heavy (non-hydrogen) atoms. The van der Waals surface area contributed by atoms with E-state index in [2.05, 4.69) is 21.4 Å². The highest BCUT2D eigenvalue weighted by Gasteiger charge is 2.21. The number of amides is 1. The van der Waals surface area contributed by atoms with Crippen molar-refractivity contribution in [1.82, 2.24) is 19.7 Å². The van der Waals surface area contributed by atoms with Gasteiger partial charge in [0.25, 0.3) is 5.91 Å². The van der Waals surface area contributed by atoms with Gasteiger partial charge in [-0.3, -0.25) is 9.78 Å². The van der Waals surface area contributed by atoms with Gasteiger partial charge in [0.15, 0.2) is 6.23 Å². The minimum atomic E-state index is -0.326. The average molecular weight is 479 g/mol. The molecule has 1 saturated heterocycles. The summed E-state index contributed by atoms with van der Waals surface area (Å²) in [5, 5.41) is 18.0. The third-order valence-electron chi connectivity index (χ3n) is 6.50. The predicted molar refractivity (Wildman–Crippen MR) is 138 cm³/mol. The molecule has 8 heteroatoms. The number of carbonyl (C=O) groups is 1. The first kappa shape index (κ1) is 23.4. The molecule has 8 nitrogen and oxygen atoms in total. The summed E-state index contributed by atoms with van der Waals surface area (Å²) in [7, 11) is 0. The van der Waals surface area contributed by atoms with Gasteiger partial charge in [0.05, 0.1) is 22.5 Å². The molecule has 0 saturated carbocycles. The summed E-state index contributed by atoms with van der Waals surface area (Å²) in [4.78, 5) is 21.6. The number of carbonyl (C=O) groups excluding carboxylic acids is 1. The zero-order chi connectivity index (χ0) is 25.1. The first-order valence-electron chi connectivity index (χ1n) is 12.0. The Morgan fingerprint density at radius 2 is 2.06 bits per heavy atom. The normalized spacial score (nSPS) is 15.8. The lowest BCUT2D eigenvalue weighted by Crippen LogP contribution is -2.19. The Labute approximate surface area is 209 Å². The number of hydrogen-bond donors (Lipinski definition) is 1. The van der Waals surface area contributed by atoms with E-state index >= 15 is 0 Å². The lowest BCUT2D eigenvalue weighted by atomic mass is 10.0. The Balaban J connectivity index is 1.51. The highest BCUT2D eigenvalue weighted by Crippen LogP contribution is 2.31. The molecule has 5 rings (SSSR count). The maximum Gasteiger partial charge on any atom is 0.274 e. The monoisotopic (exact) mass is 478 g/mol. The van der Waals surface area contributed by atoms with E-state index in [0.29, 0.717) is 22.5 Å². The summed E-state index contributed by atoms with van der Waals surface area (Å²) in [5.41, 5.74) is 5.37. The van der Waals surface area contributed by atoms with Crippen LogP contribution in [-0.4, -0.2) is 32.3 Å². The topological polar surface area (TPSA) is 106 Å². The molecular formula is C28H26N6O2. The van der Waals surface area contributed by atoms with Crippen LogP contribution in [0.1, 0.15) is 64.1 Å². The van der Waals surface area contributed by atoms with Gasteiger partial charge in [-0.25, -0.2) is 9.67 Å². The van der Waals surface area contributed by atoms with Crippen molar-refractivity contribution in [3.05, 3.63) is 82.6 Å². The smallest absolute Gasteiger partial charge is 0.274 e. The molecule has 0 spiro atoms. The Morgan fingerprint density at radius 3 is 2.81 bits per heavy atom. The summed E-state index contributed by atoms with van der Waals surface area (Å²) >= 11 is 0. The van der Waals surface area contributed by atoms with Crippen LogP contribution in [0.4, 0.5) is 5.69 Å². The molecule has 1 atom stereocenters. The van der Waals surface area contributed by atoms with Gasteiger partial charge >= 0.3 is 0 Å². The van der Waals surface area contributed by atoms with Crippen LogP contribution >= 0.6 is 0 Å². The average Bonchev–Trinajstić information content (AvgIpc) is 3.28. The van der Waals surface area contributed by atoms with Gasteiger partial charge in [-0.05, 0) is 86.7 Å². The molecule has 0 bridgehead atoms. The molecule has 1 aliphatic rings. The minimum Gasteiger partial charge on any atom is -0.356 e. The standard InChI is InChI=1S/C28H26N6O2/c1-18-19(2)27(31-17-20(18)16-29)28(35)32-22-10-12-25-23(15-22)24(11-9-21-7-3-5-13-30-21)33-34(25)26-8-4-6-14-36-26/h3,5,7,9-13,15,17,26H,4,6,8,14H2,1-2H3,(H,32,35)/b11-9+. The number of hydrogen-bond acceptors (Lipinski definition) is 6. The van der Waals surface area contributed by atoms with Crippen molar-refractivity contribution in [2.24, 2.45) is 0 Å². The highest BCUT2D eigenvalue weighted by atomic mass is 16.5. The number of rotatable bonds is 5. The van der Waals surface area contributed by atoms with Gasteiger partial charge in [0.2, 0.25) is 0 Å². The molecule has 1 fully saturated rings. The number of fused-ring (bicyclic) bond motifs is 1. The van der Waals surface area contributed by atoms with E-state index in [1.807, 2.05) is 60.2 Å². The van der Waals surface area contributed by atoms with Gasteiger partial charge in [0.1, 0.15) is 11.8 Å². The Bertz CT molecular complexity index is 1490. The predicted octanol–water partition coefficient (Wildman–Crippen LogP) is 5.44. The number of nitriles is 1. The molecule has 1 aromatic carbocycles. The van der Waals surface area contributed by atoms with E-state index in [-0.39, 0.29) is 12.1 Å². The first-order valence-corrected chi connectivity index (χ1v) is 12.0. The highest BCUT2D eigenvalue weighted by molar-refractivity contribution is 6.05. The molecular weight excluding hydrogens is 452 g/mol. The minimum absolute atomic E-state index is 0.118. The van der Waals surface area contributed by atoms with E-state index in [0.717, 1.165) is 53.7 Å². The molecule has 4 aromatic rings. The zero-order valence-corrected chi connectivity index (χ0v) is 20.2. The fraction of sp³-hybridized carbons (Fsp3) is 0.250. The fourth-order valence-electron chi connectivity index (χ4n) is 4.37. The zero-order valence-electron chi connectivity index (χ0n) is 20.2. The largest absolute Gasteiger partial charge is 0.356 e. The quantitative estimate of drug-likeness (QED) is 0.410. The molecule has 1 N–H and O–H groups in total. The van der Waals surface area contributed by atoms with Crippen LogP contribution < -0.4 is 5.32 Å². The summed E-state index contributed by atoms with van der Waals surface area (Å²) < 4.78 is 7.95. The lowest BCUT2D eigenvalue weighted by Gasteiger charge is -2.23. The molecule has 3 aromatic heterocycles. The maximum atomic E-state index is 13.1. The molecule has 1 aliphatic heterocycles. The van der Waals surface area contributed by atoms with Crippen molar-refractivity contribution in [2.45, 2.75) is 39.3 Å².